The van der Waals surface area contributed by atoms with Gasteiger partial charge in [0.05, 0.1) is 18.6 Å². The second-order valence-corrected chi connectivity index (χ2v) is 9.12. The first-order chi connectivity index (χ1) is 14.8. The molecule has 0 aliphatic carbocycles. The number of amides is 2. The molecule has 2 aromatic carbocycles. The third-order valence-electron chi connectivity index (χ3n) is 4.90. The number of nitrogens with one attached hydrogen (secondary N) is 2. The quantitative estimate of drug-likeness (QED) is 0.578. The third kappa shape index (κ3) is 5.66. The van der Waals surface area contributed by atoms with E-state index in [9.17, 15) is 23.1 Å². The lowest BCUT2D eigenvalue weighted by molar-refractivity contribution is -0.136. The molecule has 1 saturated heterocycles. The number of methoxy groups -OCH3 is 1. The monoisotopic (exact) mass is 447 g/mol. The van der Waals surface area contributed by atoms with Crippen molar-refractivity contribution >= 4 is 33.2 Å². The molecule has 166 valence electrons. The average Bonchev–Trinajstić information content (AvgIpc) is 2.75. The summed E-state index contributed by atoms with van der Waals surface area (Å²) in [5, 5.41) is 14.3. The number of nitrogens with zero attached hydrogens (tertiary/aromatic N) is 1. The van der Waals surface area contributed by atoms with E-state index in [-0.39, 0.29) is 23.8 Å². The molecule has 1 aliphatic heterocycles. The number of carbonyl (C=O) groups excluding carboxylic acids is 2. The second-order valence-electron chi connectivity index (χ2n) is 7.11. The fraction of sp³-hybridized carbons (Fsp3) is 0.333. The van der Waals surface area contributed by atoms with E-state index in [4.69, 9.17) is 4.74 Å². The van der Waals surface area contributed by atoms with Gasteiger partial charge in [0, 0.05) is 24.8 Å². The molecule has 3 rings (SSSR count). The van der Waals surface area contributed by atoms with Crippen molar-refractivity contribution in [1.82, 2.24) is 5.32 Å². The molecule has 3 N–H and O–H groups in total. The van der Waals surface area contributed by atoms with E-state index in [2.05, 4.69) is 10.6 Å². The molecule has 10 heteroatoms. The zero-order chi connectivity index (χ0) is 22.4. The van der Waals surface area contributed by atoms with Crippen LogP contribution in [0.5, 0.6) is 11.5 Å². The number of phenols is 1. The summed E-state index contributed by atoms with van der Waals surface area (Å²) in [4.78, 5) is 24.2. The number of hydrogen-bond donors (Lipinski definition) is 3. The Hall–Kier alpha value is -3.27. The van der Waals surface area contributed by atoms with E-state index in [0.29, 0.717) is 30.8 Å². The lowest BCUT2D eigenvalue weighted by atomic mass is 10.1. The zero-order valence-electron chi connectivity index (χ0n) is 17.1. The Morgan fingerprint density at radius 3 is 2.52 bits per heavy atom. The summed E-state index contributed by atoms with van der Waals surface area (Å²) >= 11 is 0. The van der Waals surface area contributed by atoms with Crippen LogP contribution in [0.25, 0.3) is 0 Å². The van der Waals surface area contributed by atoms with E-state index < -0.39 is 21.8 Å². The highest BCUT2D eigenvalue weighted by Crippen LogP contribution is 2.34. The summed E-state index contributed by atoms with van der Waals surface area (Å²) in [6.45, 7) is 0.625. The summed E-state index contributed by atoms with van der Waals surface area (Å²) in [6, 6.07) is 11.1. The van der Waals surface area contributed by atoms with Gasteiger partial charge in [-0.25, -0.2) is 8.42 Å². The van der Waals surface area contributed by atoms with Crippen LogP contribution in [0.15, 0.2) is 42.5 Å². The van der Waals surface area contributed by atoms with E-state index in [1.54, 1.807) is 30.3 Å². The molecule has 0 radical (unpaired) electrons. The van der Waals surface area contributed by atoms with Crippen LogP contribution in [0.1, 0.15) is 18.4 Å². The molecule has 0 aromatic heterocycles. The van der Waals surface area contributed by atoms with Crippen molar-refractivity contribution in [3.8, 4) is 11.5 Å². The molecule has 0 spiro atoms. The Balaban J connectivity index is 1.60. The number of rotatable bonds is 6. The van der Waals surface area contributed by atoms with Crippen LogP contribution in [-0.4, -0.2) is 51.3 Å². The van der Waals surface area contributed by atoms with Crippen LogP contribution < -0.4 is 19.7 Å². The van der Waals surface area contributed by atoms with Crippen LogP contribution in [0.2, 0.25) is 0 Å². The van der Waals surface area contributed by atoms with Crippen molar-refractivity contribution in [3.05, 3.63) is 48.0 Å². The molecule has 2 aromatic rings. The van der Waals surface area contributed by atoms with Gasteiger partial charge in [0.15, 0.2) is 0 Å². The number of phenolic OH excluding ortho intramolecular Hbond substituents is 1. The fourth-order valence-electron chi connectivity index (χ4n) is 3.27. The van der Waals surface area contributed by atoms with Crippen molar-refractivity contribution in [3.63, 3.8) is 0 Å². The average molecular weight is 448 g/mol. The minimum atomic E-state index is -3.41. The minimum absolute atomic E-state index is 0.0823. The predicted octanol–water partition coefficient (Wildman–Crippen LogP) is 1.63. The van der Waals surface area contributed by atoms with Gasteiger partial charge in [0.25, 0.3) is 0 Å². The Morgan fingerprint density at radius 2 is 1.84 bits per heavy atom. The standard InChI is InChI=1S/C21H25N3O6S/c1-30-19-14-16(6-9-18(19)24-12-2-3-13-31(24,28)29)23-21(27)20(26)22-11-10-15-4-7-17(25)8-5-15/h4-9,14,25H,2-3,10-13H2,1H3,(H,22,26)(H,23,27). The minimum Gasteiger partial charge on any atom is -0.508 e. The number of anilines is 2. The highest BCUT2D eigenvalue weighted by molar-refractivity contribution is 7.92. The van der Waals surface area contributed by atoms with Crippen molar-refractivity contribution in [2.75, 3.05) is 35.6 Å². The highest BCUT2D eigenvalue weighted by atomic mass is 32.2. The smallest absolute Gasteiger partial charge is 0.313 e. The summed E-state index contributed by atoms with van der Waals surface area (Å²) in [6.07, 6.45) is 1.88. The van der Waals surface area contributed by atoms with Gasteiger partial charge in [-0.3, -0.25) is 13.9 Å². The molecule has 0 bridgehead atoms. The van der Waals surface area contributed by atoms with Crippen LogP contribution in [-0.2, 0) is 26.0 Å². The Kier molecular flexibility index (Phi) is 7.01. The van der Waals surface area contributed by atoms with Gasteiger partial charge in [0.2, 0.25) is 10.0 Å². The molecule has 31 heavy (non-hydrogen) atoms. The number of hydrogen-bond acceptors (Lipinski definition) is 6. The largest absolute Gasteiger partial charge is 0.508 e. The maximum absolute atomic E-state index is 12.4. The molecule has 1 aliphatic rings. The molecule has 0 atom stereocenters. The van der Waals surface area contributed by atoms with Crippen molar-refractivity contribution in [2.45, 2.75) is 19.3 Å². The lowest BCUT2D eigenvalue weighted by Gasteiger charge is -2.29. The summed E-state index contributed by atoms with van der Waals surface area (Å²) in [5.74, 6) is -1.10. The Morgan fingerprint density at radius 1 is 1.10 bits per heavy atom. The van der Waals surface area contributed by atoms with Crippen LogP contribution in [0, 0.1) is 0 Å². The highest BCUT2D eigenvalue weighted by Gasteiger charge is 2.28. The topological polar surface area (TPSA) is 125 Å². The third-order valence-corrected chi connectivity index (χ3v) is 6.75. The van der Waals surface area contributed by atoms with Gasteiger partial charge in [-0.05, 0) is 49.1 Å². The number of benzene rings is 2. The second kappa shape index (κ2) is 9.69. The molecule has 2 amide bonds. The van der Waals surface area contributed by atoms with E-state index >= 15 is 0 Å². The summed E-state index contributed by atoms with van der Waals surface area (Å²) in [5.41, 5.74) is 1.62. The van der Waals surface area contributed by atoms with Crippen LogP contribution in [0.4, 0.5) is 11.4 Å². The zero-order valence-corrected chi connectivity index (χ0v) is 17.9. The maximum Gasteiger partial charge on any atom is 0.313 e. The summed E-state index contributed by atoms with van der Waals surface area (Å²) < 4.78 is 31.4. The van der Waals surface area contributed by atoms with E-state index in [0.717, 1.165) is 12.0 Å². The number of ether oxygens (including phenoxy) is 1. The first-order valence-electron chi connectivity index (χ1n) is 9.86. The molecule has 9 nitrogen and oxygen atoms in total. The van der Waals surface area contributed by atoms with Gasteiger partial charge in [0.1, 0.15) is 11.5 Å². The number of aromatic hydroxyl groups is 1. The lowest BCUT2D eigenvalue weighted by Crippen LogP contribution is -2.38. The molecule has 1 fully saturated rings. The first-order valence-corrected chi connectivity index (χ1v) is 11.5. The van der Waals surface area contributed by atoms with Gasteiger partial charge in [-0.1, -0.05) is 12.1 Å². The Bertz CT molecular complexity index is 1050. The van der Waals surface area contributed by atoms with E-state index in [1.807, 2.05) is 0 Å². The first kappa shape index (κ1) is 22.4. The number of sulfonamides is 1. The molecule has 0 saturated carbocycles. The van der Waals surface area contributed by atoms with Crippen LogP contribution >= 0.6 is 0 Å². The SMILES string of the molecule is COc1cc(NC(=O)C(=O)NCCc2ccc(O)cc2)ccc1N1CCCCS1(=O)=O. The normalized spacial score (nSPS) is 15.2. The molecule has 0 unspecified atom stereocenters. The van der Waals surface area contributed by atoms with Crippen molar-refractivity contribution < 1.29 is 27.9 Å². The van der Waals surface area contributed by atoms with Crippen molar-refractivity contribution in [2.24, 2.45) is 0 Å². The van der Waals surface area contributed by atoms with Crippen molar-refractivity contribution in [1.29, 1.82) is 0 Å². The van der Waals surface area contributed by atoms with E-state index in [1.165, 1.54) is 23.5 Å². The van der Waals surface area contributed by atoms with Gasteiger partial charge >= 0.3 is 11.8 Å². The van der Waals surface area contributed by atoms with Gasteiger partial charge in [-0.2, -0.15) is 0 Å². The molecular formula is C21H25N3O6S. The fourth-order valence-corrected chi connectivity index (χ4v) is 4.92. The molecular weight excluding hydrogens is 422 g/mol. The van der Waals surface area contributed by atoms with Gasteiger partial charge in [-0.15, -0.1) is 0 Å². The summed E-state index contributed by atoms with van der Waals surface area (Å²) in [7, 11) is -1.99. The Labute approximate surface area is 181 Å². The maximum atomic E-state index is 12.4. The van der Waals surface area contributed by atoms with Gasteiger partial charge < -0.3 is 20.5 Å². The predicted molar refractivity (Wildman–Crippen MR) is 117 cm³/mol. The van der Waals surface area contributed by atoms with Crippen LogP contribution in [0.3, 0.4) is 0 Å². The molecule has 1 heterocycles. The number of carbonyl (C=O) groups is 2.